The molecule has 0 aromatic heterocycles. The summed E-state index contributed by atoms with van der Waals surface area (Å²) in [5.74, 6) is -0.277. The molecule has 0 radical (unpaired) electrons. The summed E-state index contributed by atoms with van der Waals surface area (Å²) in [6, 6.07) is 20.7. The van der Waals surface area contributed by atoms with Crippen molar-refractivity contribution in [1.29, 1.82) is 0 Å². The Hall–Kier alpha value is -2.69. The highest BCUT2D eigenvalue weighted by Gasteiger charge is 2.12. The third kappa shape index (κ3) is 4.94. The van der Waals surface area contributed by atoms with E-state index in [0.717, 1.165) is 5.56 Å². The molecule has 27 heavy (non-hydrogen) atoms. The largest absolute Gasteiger partial charge is 0.423 e. The van der Waals surface area contributed by atoms with Gasteiger partial charge in [-0.2, -0.15) is 0 Å². The molecule has 0 saturated heterocycles. The van der Waals surface area contributed by atoms with Gasteiger partial charge in [-0.15, -0.1) is 0 Å². The maximum atomic E-state index is 12.3. The van der Waals surface area contributed by atoms with Gasteiger partial charge in [0.2, 0.25) is 0 Å². The Balaban J connectivity index is 1.68. The van der Waals surface area contributed by atoms with Gasteiger partial charge in [-0.05, 0) is 76.1 Å². The molecule has 3 aromatic carbocycles. The zero-order valence-corrected chi connectivity index (χ0v) is 16.4. The van der Waals surface area contributed by atoms with Crippen molar-refractivity contribution < 1.29 is 14.3 Å². The van der Waals surface area contributed by atoms with E-state index in [1.807, 2.05) is 24.3 Å². The van der Waals surface area contributed by atoms with Gasteiger partial charge in [0.05, 0.1) is 5.56 Å². The lowest BCUT2D eigenvalue weighted by molar-refractivity contribution is 0.0733. The molecule has 5 heteroatoms. The molecule has 0 aliphatic rings. The summed E-state index contributed by atoms with van der Waals surface area (Å²) in [6.45, 7) is 0. The Morgan fingerprint density at radius 3 is 2.26 bits per heavy atom. The number of hydrogen-bond donors (Lipinski definition) is 0. The molecule has 0 saturated carbocycles. The van der Waals surface area contributed by atoms with Gasteiger partial charge in [-0.25, -0.2) is 4.79 Å². The van der Waals surface area contributed by atoms with Crippen molar-refractivity contribution in [2.45, 2.75) is 0 Å². The molecule has 134 valence electrons. The number of allylic oxidation sites excluding steroid dienone is 1. The highest BCUT2D eigenvalue weighted by molar-refractivity contribution is 9.10. The average molecular weight is 442 g/mol. The number of rotatable bonds is 5. The van der Waals surface area contributed by atoms with Crippen molar-refractivity contribution >= 4 is 45.4 Å². The zero-order valence-electron chi connectivity index (χ0n) is 14.1. The van der Waals surface area contributed by atoms with Crippen molar-refractivity contribution in [3.05, 3.63) is 105 Å². The van der Waals surface area contributed by atoms with Crippen molar-refractivity contribution in [1.82, 2.24) is 0 Å². The van der Waals surface area contributed by atoms with E-state index in [-0.39, 0.29) is 5.78 Å². The Morgan fingerprint density at radius 1 is 0.889 bits per heavy atom. The predicted molar refractivity (Wildman–Crippen MR) is 110 cm³/mol. The normalized spacial score (nSPS) is 10.7. The van der Waals surface area contributed by atoms with Crippen LogP contribution >= 0.6 is 27.5 Å². The third-order valence-corrected chi connectivity index (χ3v) is 4.80. The monoisotopic (exact) mass is 440 g/mol. The quantitative estimate of drug-likeness (QED) is 0.204. The van der Waals surface area contributed by atoms with E-state index in [9.17, 15) is 9.59 Å². The topological polar surface area (TPSA) is 43.4 Å². The minimum Gasteiger partial charge on any atom is -0.423 e. The van der Waals surface area contributed by atoms with E-state index >= 15 is 0 Å². The molecule has 0 atom stereocenters. The van der Waals surface area contributed by atoms with Gasteiger partial charge < -0.3 is 4.74 Å². The van der Waals surface area contributed by atoms with Gasteiger partial charge in [-0.3, -0.25) is 4.79 Å². The average Bonchev–Trinajstić information content (AvgIpc) is 2.68. The van der Waals surface area contributed by atoms with Crippen LogP contribution in [0, 0.1) is 0 Å². The maximum absolute atomic E-state index is 12.3. The smallest absolute Gasteiger partial charge is 0.344 e. The lowest BCUT2D eigenvalue weighted by Gasteiger charge is -2.06. The maximum Gasteiger partial charge on any atom is 0.344 e. The fourth-order valence-electron chi connectivity index (χ4n) is 2.35. The van der Waals surface area contributed by atoms with E-state index in [0.29, 0.717) is 26.4 Å². The van der Waals surface area contributed by atoms with Crippen molar-refractivity contribution in [3.8, 4) is 5.75 Å². The van der Waals surface area contributed by atoms with Crippen LogP contribution in [0.4, 0.5) is 0 Å². The fraction of sp³-hybridized carbons (Fsp3) is 0. The minimum absolute atomic E-state index is 0.168. The Labute approximate surface area is 170 Å². The molecule has 0 unspecified atom stereocenters. The summed E-state index contributed by atoms with van der Waals surface area (Å²) >= 11 is 9.39. The van der Waals surface area contributed by atoms with Crippen LogP contribution in [0.15, 0.2) is 83.3 Å². The fourth-order valence-corrected chi connectivity index (χ4v) is 2.99. The summed E-state index contributed by atoms with van der Waals surface area (Å²) in [7, 11) is 0. The van der Waals surface area contributed by atoms with Gasteiger partial charge in [0, 0.05) is 15.1 Å². The first-order valence-electron chi connectivity index (χ1n) is 8.08. The Kier molecular flexibility index (Phi) is 6.22. The highest BCUT2D eigenvalue weighted by Crippen LogP contribution is 2.20. The second kappa shape index (κ2) is 8.80. The van der Waals surface area contributed by atoms with Crippen LogP contribution in [0.2, 0.25) is 5.02 Å². The summed E-state index contributed by atoms with van der Waals surface area (Å²) in [6.07, 6.45) is 3.13. The molecular weight excluding hydrogens is 428 g/mol. The van der Waals surface area contributed by atoms with E-state index in [1.54, 1.807) is 54.6 Å². The first-order valence-corrected chi connectivity index (χ1v) is 9.25. The number of esters is 1. The van der Waals surface area contributed by atoms with Crippen LogP contribution in [0.5, 0.6) is 5.75 Å². The molecule has 3 aromatic rings. The SMILES string of the molecule is O=C(C=Cc1ccccc1Cl)c1ccc(OC(=O)c2ccccc2Br)cc1. The van der Waals surface area contributed by atoms with Crippen LogP contribution in [0.3, 0.4) is 0 Å². The van der Waals surface area contributed by atoms with Crippen molar-refractivity contribution in [2.75, 3.05) is 0 Å². The van der Waals surface area contributed by atoms with Crippen LogP contribution in [-0.4, -0.2) is 11.8 Å². The number of carbonyl (C=O) groups is 2. The molecule has 0 bridgehead atoms. The summed E-state index contributed by atoms with van der Waals surface area (Å²) in [5, 5.41) is 0.580. The molecule has 0 spiro atoms. The number of hydrogen-bond acceptors (Lipinski definition) is 3. The van der Waals surface area contributed by atoms with Gasteiger partial charge >= 0.3 is 5.97 Å². The van der Waals surface area contributed by atoms with Gasteiger partial charge in [0.1, 0.15) is 5.75 Å². The molecule has 0 aliphatic carbocycles. The molecule has 0 aliphatic heterocycles. The first kappa shape index (κ1) is 19.1. The second-order valence-corrected chi connectivity index (χ2v) is 6.87. The van der Waals surface area contributed by atoms with Crippen LogP contribution in [-0.2, 0) is 0 Å². The van der Waals surface area contributed by atoms with E-state index in [2.05, 4.69) is 15.9 Å². The van der Waals surface area contributed by atoms with E-state index in [1.165, 1.54) is 6.08 Å². The number of halogens is 2. The van der Waals surface area contributed by atoms with Crippen molar-refractivity contribution in [3.63, 3.8) is 0 Å². The molecule has 3 rings (SSSR count). The van der Waals surface area contributed by atoms with Gasteiger partial charge in [0.25, 0.3) is 0 Å². The molecule has 0 heterocycles. The minimum atomic E-state index is -0.472. The lowest BCUT2D eigenvalue weighted by Crippen LogP contribution is -2.09. The molecule has 0 amide bonds. The molecule has 0 N–H and O–H groups in total. The molecular formula is C22H14BrClO3. The van der Waals surface area contributed by atoms with Crippen molar-refractivity contribution in [2.24, 2.45) is 0 Å². The molecule has 0 fully saturated rings. The van der Waals surface area contributed by atoms with Crippen LogP contribution < -0.4 is 4.74 Å². The zero-order chi connectivity index (χ0) is 19.2. The summed E-state index contributed by atoms with van der Waals surface area (Å²) in [5.41, 5.74) is 1.69. The lowest BCUT2D eigenvalue weighted by atomic mass is 10.1. The van der Waals surface area contributed by atoms with Gasteiger partial charge in [-0.1, -0.05) is 41.9 Å². The number of benzene rings is 3. The van der Waals surface area contributed by atoms with E-state index < -0.39 is 5.97 Å². The van der Waals surface area contributed by atoms with E-state index in [4.69, 9.17) is 16.3 Å². The molecule has 3 nitrogen and oxygen atoms in total. The first-order chi connectivity index (χ1) is 13.0. The predicted octanol–water partition coefficient (Wildman–Crippen LogP) is 6.22. The standard InChI is InChI=1S/C22H14BrClO3/c23-19-7-3-2-6-18(19)22(26)27-17-12-9-16(10-13-17)21(25)14-11-15-5-1-4-8-20(15)24/h1-14H. The third-order valence-electron chi connectivity index (χ3n) is 3.76. The van der Waals surface area contributed by atoms with Crippen LogP contribution in [0.25, 0.3) is 6.08 Å². The second-order valence-electron chi connectivity index (χ2n) is 5.61. The highest BCUT2D eigenvalue weighted by atomic mass is 79.9. The Bertz CT molecular complexity index is 1010. The number of carbonyl (C=O) groups excluding carboxylic acids is 2. The number of ketones is 1. The van der Waals surface area contributed by atoms with Crippen LogP contribution in [0.1, 0.15) is 26.3 Å². The number of ether oxygens (including phenoxy) is 1. The Morgan fingerprint density at radius 2 is 1.56 bits per heavy atom. The summed E-state index contributed by atoms with van der Waals surface area (Å²) in [4.78, 5) is 24.5. The van der Waals surface area contributed by atoms with Gasteiger partial charge in [0.15, 0.2) is 5.78 Å². The summed E-state index contributed by atoms with van der Waals surface area (Å²) < 4.78 is 6.00.